The van der Waals surface area contributed by atoms with Crippen LogP contribution in [0.1, 0.15) is 16.7 Å². The molecule has 3 rings (SSSR count). The van der Waals surface area contributed by atoms with Crippen LogP contribution in [0, 0.1) is 13.8 Å². The first-order valence-corrected chi connectivity index (χ1v) is 8.14. The maximum atomic E-state index is 11.9. The van der Waals surface area contributed by atoms with Gasteiger partial charge in [-0.2, -0.15) is 5.10 Å². The van der Waals surface area contributed by atoms with Crippen molar-refractivity contribution in [1.29, 1.82) is 0 Å². The lowest BCUT2D eigenvalue weighted by Crippen LogP contribution is -2.25. The lowest BCUT2D eigenvalue weighted by atomic mass is 10.1. The fraction of sp³-hybridized carbons (Fsp3) is 0.143. The van der Waals surface area contributed by atoms with E-state index in [1.54, 1.807) is 6.21 Å². The first-order chi connectivity index (χ1) is 12.1. The quantitative estimate of drug-likeness (QED) is 0.567. The molecule has 1 N–H and O–H groups in total. The Balaban J connectivity index is 1.61. The van der Waals surface area contributed by atoms with E-state index < -0.39 is 0 Å². The fourth-order valence-electron chi connectivity index (χ4n) is 2.73. The molecule has 3 aromatic rings. The van der Waals surface area contributed by atoms with Gasteiger partial charge in [-0.3, -0.25) is 4.79 Å². The molecule has 4 heteroatoms. The number of aryl methyl sites for hydroxylation is 2. The van der Waals surface area contributed by atoms with Crippen molar-refractivity contribution in [2.45, 2.75) is 13.8 Å². The van der Waals surface area contributed by atoms with Crippen LogP contribution in [0.25, 0.3) is 10.8 Å². The first-order valence-electron chi connectivity index (χ1n) is 8.14. The van der Waals surface area contributed by atoms with Gasteiger partial charge in [0.15, 0.2) is 6.61 Å². The predicted molar refractivity (Wildman–Crippen MR) is 101 cm³/mol. The van der Waals surface area contributed by atoms with Crippen molar-refractivity contribution in [3.63, 3.8) is 0 Å². The summed E-state index contributed by atoms with van der Waals surface area (Å²) < 4.78 is 5.62. The Labute approximate surface area is 147 Å². The molecule has 0 aliphatic carbocycles. The maximum Gasteiger partial charge on any atom is 0.277 e. The van der Waals surface area contributed by atoms with Crippen LogP contribution in [0.15, 0.2) is 65.8 Å². The molecule has 4 nitrogen and oxygen atoms in total. The number of hydrogen-bond acceptors (Lipinski definition) is 3. The van der Waals surface area contributed by atoms with Gasteiger partial charge in [0.25, 0.3) is 5.91 Å². The predicted octanol–water partition coefficient (Wildman–Crippen LogP) is 3.99. The Hall–Kier alpha value is -3.14. The summed E-state index contributed by atoms with van der Waals surface area (Å²) in [6, 6.07) is 19.9. The SMILES string of the molecule is Cc1cccc(C)c1OCC(=O)N/N=C\c1cccc2ccccc12. The summed E-state index contributed by atoms with van der Waals surface area (Å²) in [4.78, 5) is 11.9. The molecular formula is C21H20N2O2. The molecule has 1 amide bonds. The van der Waals surface area contributed by atoms with E-state index in [-0.39, 0.29) is 12.5 Å². The maximum absolute atomic E-state index is 11.9. The molecular weight excluding hydrogens is 312 g/mol. The Morgan fingerprint density at radius 1 is 1.00 bits per heavy atom. The van der Waals surface area contributed by atoms with Crippen LogP contribution >= 0.6 is 0 Å². The molecule has 126 valence electrons. The number of ether oxygens (including phenoxy) is 1. The number of hydrazone groups is 1. The van der Waals surface area contributed by atoms with Gasteiger partial charge in [0.05, 0.1) is 6.21 Å². The van der Waals surface area contributed by atoms with Gasteiger partial charge in [-0.1, -0.05) is 60.7 Å². The van der Waals surface area contributed by atoms with Crippen LogP contribution in [0.5, 0.6) is 5.75 Å². The van der Waals surface area contributed by atoms with E-state index in [0.29, 0.717) is 0 Å². The van der Waals surface area contributed by atoms with Gasteiger partial charge in [0.1, 0.15) is 5.75 Å². The standard InChI is InChI=1S/C21H20N2O2/c1-15-7-5-8-16(2)21(15)25-14-20(24)23-22-13-18-11-6-10-17-9-3-4-12-19(17)18/h3-13H,14H2,1-2H3,(H,23,24)/b22-13-. The number of para-hydroxylation sites is 1. The molecule has 25 heavy (non-hydrogen) atoms. The van der Waals surface area contributed by atoms with Crippen molar-refractivity contribution < 1.29 is 9.53 Å². The highest BCUT2D eigenvalue weighted by Gasteiger charge is 2.06. The van der Waals surface area contributed by atoms with Crippen molar-refractivity contribution >= 4 is 22.9 Å². The van der Waals surface area contributed by atoms with E-state index >= 15 is 0 Å². The van der Waals surface area contributed by atoms with E-state index in [0.717, 1.165) is 33.2 Å². The summed E-state index contributed by atoms with van der Waals surface area (Å²) in [7, 11) is 0. The van der Waals surface area contributed by atoms with Gasteiger partial charge >= 0.3 is 0 Å². The zero-order chi connectivity index (χ0) is 17.6. The number of benzene rings is 3. The number of fused-ring (bicyclic) bond motifs is 1. The Morgan fingerprint density at radius 3 is 2.48 bits per heavy atom. The van der Waals surface area contributed by atoms with Gasteiger partial charge < -0.3 is 4.74 Å². The number of carbonyl (C=O) groups excluding carboxylic acids is 1. The van der Waals surface area contributed by atoms with Crippen molar-refractivity contribution in [3.8, 4) is 5.75 Å². The van der Waals surface area contributed by atoms with Crippen LogP contribution in [0.3, 0.4) is 0 Å². The van der Waals surface area contributed by atoms with Crippen LogP contribution in [-0.2, 0) is 4.79 Å². The van der Waals surface area contributed by atoms with E-state index in [9.17, 15) is 4.79 Å². The molecule has 0 aliphatic heterocycles. The van der Waals surface area contributed by atoms with Crippen molar-refractivity contribution in [2.24, 2.45) is 5.10 Å². The Morgan fingerprint density at radius 2 is 1.68 bits per heavy atom. The molecule has 0 spiro atoms. The van der Waals surface area contributed by atoms with Gasteiger partial charge in [-0.15, -0.1) is 0 Å². The number of nitrogens with zero attached hydrogens (tertiary/aromatic N) is 1. The van der Waals surface area contributed by atoms with E-state index in [4.69, 9.17) is 4.74 Å². The highest BCUT2D eigenvalue weighted by molar-refractivity contribution is 5.99. The van der Waals surface area contributed by atoms with Gasteiger partial charge in [-0.05, 0) is 35.7 Å². The summed E-state index contributed by atoms with van der Waals surface area (Å²) >= 11 is 0. The lowest BCUT2D eigenvalue weighted by Gasteiger charge is -2.10. The van der Waals surface area contributed by atoms with E-state index in [1.165, 1.54) is 0 Å². The second-order valence-electron chi connectivity index (χ2n) is 5.87. The average Bonchev–Trinajstić information content (AvgIpc) is 2.61. The normalized spacial score (nSPS) is 11.0. The topological polar surface area (TPSA) is 50.7 Å². The van der Waals surface area contributed by atoms with Crippen molar-refractivity contribution in [2.75, 3.05) is 6.61 Å². The number of rotatable bonds is 5. The molecule has 0 unspecified atom stereocenters. The molecule has 0 saturated heterocycles. The third-order valence-electron chi connectivity index (χ3n) is 3.97. The number of hydrogen-bond donors (Lipinski definition) is 1. The number of nitrogens with one attached hydrogen (secondary N) is 1. The monoisotopic (exact) mass is 332 g/mol. The zero-order valence-corrected chi connectivity index (χ0v) is 14.3. The summed E-state index contributed by atoms with van der Waals surface area (Å²) in [5.41, 5.74) is 5.48. The summed E-state index contributed by atoms with van der Waals surface area (Å²) in [5.74, 6) is 0.454. The Kier molecular flexibility index (Phi) is 5.09. The number of carbonyl (C=O) groups is 1. The minimum Gasteiger partial charge on any atom is -0.483 e. The molecule has 0 bridgehead atoms. The molecule has 0 aliphatic rings. The number of amides is 1. The van der Waals surface area contributed by atoms with Crippen LogP contribution < -0.4 is 10.2 Å². The third kappa shape index (κ3) is 4.04. The smallest absolute Gasteiger partial charge is 0.277 e. The van der Waals surface area contributed by atoms with Crippen LogP contribution in [0.2, 0.25) is 0 Å². The highest BCUT2D eigenvalue weighted by atomic mass is 16.5. The molecule has 0 aromatic heterocycles. The fourth-order valence-corrected chi connectivity index (χ4v) is 2.73. The second-order valence-corrected chi connectivity index (χ2v) is 5.87. The van der Waals surface area contributed by atoms with E-state index in [2.05, 4.69) is 10.5 Å². The minimum atomic E-state index is -0.292. The zero-order valence-electron chi connectivity index (χ0n) is 14.3. The first kappa shape index (κ1) is 16.7. The molecule has 0 atom stereocenters. The van der Waals surface area contributed by atoms with Gasteiger partial charge in [0.2, 0.25) is 0 Å². The lowest BCUT2D eigenvalue weighted by molar-refractivity contribution is -0.123. The van der Waals surface area contributed by atoms with Crippen molar-refractivity contribution in [3.05, 3.63) is 77.4 Å². The molecule has 0 heterocycles. The van der Waals surface area contributed by atoms with Gasteiger partial charge in [-0.25, -0.2) is 5.43 Å². The van der Waals surface area contributed by atoms with Crippen LogP contribution in [-0.4, -0.2) is 18.7 Å². The average molecular weight is 332 g/mol. The summed E-state index contributed by atoms with van der Waals surface area (Å²) in [6.45, 7) is 3.84. The van der Waals surface area contributed by atoms with Gasteiger partial charge in [0, 0.05) is 5.56 Å². The van der Waals surface area contributed by atoms with Crippen LogP contribution in [0.4, 0.5) is 0 Å². The molecule has 0 fully saturated rings. The highest BCUT2D eigenvalue weighted by Crippen LogP contribution is 2.22. The summed E-state index contributed by atoms with van der Waals surface area (Å²) in [5, 5.41) is 6.27. The molecule has 3 aromatic carbocycles. The second kappa shape index (κ2) is 7.62. The molecule has 0 radical (unpaired) electrons. The largest absolute Gasteiger partial charge is 0.483 e. The van der Waals surface area contributed by atoms with E-state index in [1.807, 2.05) is 74.5 Å². The summed E-state index contributed by atoms with van der Waals surface area (Å²) in [6.07, 6.45) is 1.65. The van der Waals surface area contributed by atoms with Crippen molar-refractivity contribution in [1.82, 2.24) is 5.43 Å². The molecule has 0 saturated carbocycles. The third-order valence-corrected chi connectivity index (χ3v) is 3.97. The Bertz CT molecular complexity index is 907. The minimum absolute atomic E-state index is 0.0709.